The second-order valence-corrected chi connectivity index (χ2v) is 12.0. The number of ether oxygens (including phenoxy) is 1. The van der Waals surface area contributed by atoms with E-state index in [2.05, 4.69) is 0 Å². The van der Waals surface area contributed by atoms with Crippen LogP contribution < -0.4 is 0 Å². The van der Waals surface area contributed by atoms with Crippen molar-refractivity contribution in [3.05, 3.63) is 41.4 Å². The van der Waals surface area contributed by atoms with Crippen LogP contribution in [0.3, 0.4) is 0 Å². The van der Waals surface area contributed by atoms with Crippen LogP contribution >= 0.6 is 11.6 Å². The van der Waals surface area contributed by atoms with Gasteiger partial charge in [0, 0.05) is 37.7 Å². The van der Waals surface area contributed by atoms with Crippen molar-refractivity contribution in [3.8, 4) is 0 Å². The van der Waals surface area contributed by atoms with Gasteiger partial charge in [-0.15, -0.1) is 0 Å². The molecule has 11 nitrogen and oxygen atoms in total. The summed E-state index contributed by atoms with van der Waals surface area (Å²) >= 11 is 6.08. The van der Waals surface area contributed by atoms with Gasteiger partial charge >= 0.3 is 0 Å². The molecule has 2 saturated heterocycles. The third-order valence-corrected chi connectivity index (χ3v) is 8.99. The molecule has 2 fully saturated rings. The van der Waals surface area contributed by atoms with E-state index in [0.29, 0.717) is 50.8 Å². The van der Waals surface area contributed by atoms with Gasteiger partial charge in [0.2, 0.25) is 21.8 Å². The SMILES string of the molecule is C[C@@H](C(=O)N1CCOCC1)N1CC[C@H](N(CCN(C)C)S(=O)(=O)c2ccc3cc(Cl)ccc3c2)C1=O.O=CO. The van der Waals surface area contributed by atoms with E-state index in [9.17, 15) is 18.0 Å². The molecule has 4 rings (SSSR count). The summed E-state index contributed by atoms with van der Waals surface area (Å²) in [6.07, 6.45) is 0.329. The van der Waals surface area contributed by atoms with Gasteiger partial charge in [0.1, 0.15) is 12.1 Å². The van der Waals surface area contributed by atoms with E-state index in [1.807, 2.05) is 19.0 Å². The summed E-state index contributed by atoms with van der Waals surface area (Å²) in [6, 6.07) is 8.65. The Kier molecular flexibility index (Phi) is 10.7. The number of sulfonamides is 1. The molecule has 2 heterocycles. The molecular weight excluding hydrogens is 548 g/mol. The number of morpholine rings is 1. The number of amides is 2. The lowest BCUT2D eigenvalue weighted by atomic mass is 10.1. The second-order valence-electron chi connectivity index (χ2n) is 9.63. The highest BCUT2D eigenvalue weighted by molar-refractivity contribution is 7.89. The number of likely N-dealkylation sites (tertiary alicyclic amines) is 1. The van der Waals surface area contributed by atoms with Gasteiger partial charge in [-0.1, -0.05) is 23.7 Å². The third-order valence-electron chi connectivity index (χ3n) is 6.85. The first-order chi connectivity index (χ1) is 18.5. The highest BCUT2D eigenvalue weighted by atomic mass is 35.5. The molecule has 0 saturated carbocycles. The van der Waals surface area contributed by atoms with E-state index in [1.54, 1.807) is 48.2 Å². The van der Waals surface area contributed by atoms with Gasteiger partial charge < -0.3 is 24.5 Å². The number of likely N-dealkylation sites (N-methyl/N-ethyl adjacent to an activating group) is 1. The number of benzene rings is 2. The summed E-state index contributed by atoms with van der Waals surface area (Å²) in [5.41, 5.74) is 0. The Labute approximate surface area is 233 Å². The highest BCUT2D eigenvalue weighted by Crippen LogP contribution is 2.29. The Morgan fingerprint density at radius 3 is 2.38 bits per heavy atom. The van der Waals surface area contributed by atoms with E-state index in [0.717, 1.165) is 10.8 Å². The number of fused-ring (bicyclic) bond motifs is 1. The number of carbonyl (C=O) groups excluding carboxylic acids is 2. The lowest BCUT2D eigenvalue weighted by Gasteiger charge is -2.33. The first-order valence-electron chi connectivity index (χ1n) is 12.6. The van der Waals surface area contributed by atoms with E-state index in [4.69, 9.17) is 26.2 Å². The van der Waals surface area contributed by atoms with E-state index in [1.165, 1.54) is 9.21 Å². The maximum absolute atomic E-state index is 13.9. The van der Waals surface area contributed by atoms with Crippen molar-refractivity contribution in [2.24, 2.45) is 0 Å². The number of hydrogen-bond acceptors (Lipinski definition) is 7. The Morgan fingerprint density at radius 1 is 1.13 bits per heavy atom. The molecule has 2 aliphatic rings. The van der Waals surface area contributed by atoms with Crippen molar-refractivity contribution in [3.63, 3.8) is 0 Å². The molecule has 13 heteroatoms. The fraction of sp³-hybridized carbons (Fsp3) is 0.500. The molecule has 0 radical (unpaired) electrons. The van der Waals surface area contributed by atoms with Crippen molar-refractivity contribution in [1.29, 1.82) is 0 Å². The minimum atomic E-state index is -3.99. The predicted octanol–water partition coefficient (Wildman–Crippen LogP) is 1.59. The molecule has 214 valence electrons. The molecule has 2 aromatic rings. The number of carboxylic acid groups (broad SMARTS) is 1. The monoisotopic (exact) mass is 582 g/mol. The number of hydrogen-bond donors (Lipinski definition) is 1. The standard InChI is InChI=1S/C25H33ClN4O5S.CH2O2/c1-18(24(31)28-12-14-35-15-13-28)29-9-8-23(25(29)32)30(11-10-27(2)3)36(33,34)22-7-5-19-16-21(26)6-4-20(19)17-22;2-1-3/h4-7,16-18,23H,8-15H2,1-3H3;1H,(H,2,3)/t18-,23-;/m0./s1. The van der Waals surface area contributed by atoms with Crippen LogP contribution in [0.4, 0.5) is 0 Å². The molecule has 2 amide bonds. The van der Waals surface area contributed by atoms with Gasteiger partial charge in [0.25, 0.3) is 6.47 Å². The minimum Gasteiger partial charge on any atom is -0.483 e. The smallest absolute Gasteiger partial charge is 0.290 e. The number of halogens is 1. The molecule has 1 N–H and O–H groups in total. The summed E-state index contributed by atoms with van der Waals surface area (Å²) in [7, 11) is -0.275. The maximum Gasteiger partial charge on any atom is 0.290 e. The van der Waals surface area contributed by atoms with Crippen LogP contribution in [0.5, 0.6) is 0 Å². The normalized spacial score (nSPS) is 18.8. The average Bonchev–Trinajstić information content (AvgIpc) is 3.28. The van der Waals surface area contributed by atoms with E-state index < -0.39 is 22.1 Å². The van der Waals surface area contributed by atoms with Crippen molar-refractivity contribution in [2.75, 3.05) is 60.0 Å². The average molecular weight is 583 g/mol. The van der Waals surface area contributed by atoms with Gasteiger partial charge in [0.05, 0.1) is 18.1 Å². The van der Waals surface area contributed by atoms with Gasteiger partial charge in [-0.25, -0.2) is 8.42 Å². The molecular formula is C26H35ClN4O7S. The van der Waals surface area contributed by atoms with Gasteiger partial charge in [-0.3, -0.25) is 14.4 Å². The predicted molar refractivity (Wildman–Crippen MR) is 147 cm³/mol. The highest BCUT2D eigenvalue weighted by Gasteiger charge is 2.44. The largest absolute Gasteiger partial charge is 0.483 e. The number of carbonyl (C=O) groups is 3. The first kappa shape index (κ1) is 30.8. The summed E-state index contributed by atoms with van der Waals surface area (Å²) in [5.74, 6) is -0.470. The molecule has 39 heavy (non-hydrogen) atoms. The fourth-order valence-corrected chi connectivity index (χ4v) is 6.57. The Balaban J connectivity index is 0.00000134. The Bertz CT molecular complexity index is 1280. The van der Waals surface area contributed by atoms with Crippen LogP contribution in [0.25, 0.3) is 10.8 Å². The second kappa shape index (κ2) is 13.5. The molecule has 0 bridgehead atoms. The van der Waals surface area contributed by atoms with Crippen molar-refractivity contribution < 1.29 is 32.6 Å². The van der Waals surface area contributed by atoms with Gasteiger partial charge in [-0.2, -0.15) is 4.31 Å². The maximum atomic E-state index is 13.9. The molecule has 0 unspecified atom stereocenters. The summed E-state index contributed by atoms with van der Waals surface area (Å²) < 4.78 is 34.4. The van der Waals surface area contributed by atoms with Crippen LogP contribution in [0, 0.1) is 0 Å². The summed E-state index contributed by atoms with van der Waals surface area (Å²) in [6.45, 7) is 4.33. The summed E-state index contributed by atoms with van der Waals surface area (Å²) in [4.78, 5) is 40.2. The quantitative estimate of drug-likeness (QED) is 0.465. The van der Waals surface area contributed by atoms with Gasteiger partial charge in [0.15, 0.2) is 0 Å². The van der Waals surface area contributed by atoms with Gasteiger partial charge in [-0.05, 0) is 62.5 Å². The topological polar surface area (TPSA) is 128 Å². The van der Waals surface area contributed by atoms with Crippen molar-refractivity contribution >= 4 is 50.7 Å². The lowest BCUT2D eigenvalue weighted by molar-refractivity contribution is -0.146. The summed E-state index contributed by atoms with van der Waals surface area (Å²) in [5, 5.41) is 9.04. The van der Waals surface area contributed by atoms with E-state index in [-0.39, 0.29) is 29.7 Å². The molecule has 2 atom stereocenters. The van der Waals surface area contributed by atoms with Crippen molar-refractivity contribution in [2.45, 2.75) is 30.3 Å². The molecule has 2 aliphatic heterocycles. The van der Waals surface area contributed by atoms with Crippen molar-refractivity contribution in [1.82, 2.24) is 19.0 Å². The number of nitrogens with zero attached hydrogens (tertiary/aromatic N) is 4. The Morgan fingerprint density at radius 2 is 1.74 bits per heavy atom. The zero-order valence-electron chi connectivity index (χ0n) is 22.3. The fourth-order valence-electron chi connectivity index (χ4n) is 4.75. The number of rotatable bonds is 8. The first-order valence-corrected chi connectivity index (χ1v) is 14.4. The molecule has 2 aromatic carbocycles. The minimum absolute atomic E-state index is 0.125. The lowest BCUT2D eigenvalue weighted by Crippen LogP contribution is -2.53. The zero-order chi connectivity index (χ0) is 28.7. The Hall–Kier alpha value is -2.77. The van der Waals surface area contributed by atoms with Crippen LogP contribution in [-0.2, 0) is 29.1 Å². The van der Waals surface area contributed by atoms with Crippen LogP contribution in [0.1, 0.15) is 13.3 Å². The third kappa shape index (κ3) is 7.25. The van der Waals surface area contributed by atoms with Crippen LogP contribution in [0.15, 0.2) is 41.3 Å². The molecule has 0 spiro atoms. The zero-order valence-corrected chi connectivity index (χ0v) is 23.9. The van der Waals surface area contributed by atoms with Crippen LogP contribution in [-0.4, -0.2) is 123 Å². The molecule has 0 aromatic heterocycles. The molecule has 0 aliphatic carbocycles. The van der Waals surface area contributed by atoms with Crippen LogP contribution in [0.2, 0.25) is 5.02 Å². The van der Waals surface area contributed by atoms with E-state index >= 15 is 0 Å².